The largest absolute Gasteiger partial charge is 0.264 e. The number of nitrogens with zero attached hydrogens (tertiary/aromatic N) is 1. The predicted octanol–water partition coefficient (Wildman–Crippen LogP) is 3.06. The topological polar surface area (TPSA) is 37.4 Å². The fourth-order valence-corrected chi connectivity index (χ4v) is 4.48. The first-order valence-electron chi connectivity index (χ1n) is 5.47. The normalized spacial score (nSPS) is 16.8. The summed E-state index contributed by atoms with van der Waals surface area (Å²) in [6.45, 7) is 2.52. The SMILES string of the molecule is Cc1ccc(S(=O)(=O)N2CCCC=C2I)cc1. The second-order valence-electron chi connectivity index (χ2n) is 4.06. The van der Waals surface area contributed by atoms with Crippen molar-refractivity contribution in [3.63, 3.8) is 0 Å². The zero-order chi connectivity index (χ0) is 12.5. The number of halogens is 1. The Morgan fingerprint density at radius 2 is 1.88 bits per heavy atom. The minimum absolute atomic E-state index is 0.368. The van der Waals surface area contributed by atoms with Crippen molar-refractivity contribution >= 4 is 32.6 Å². The average Bonchev–Trinajstić information content (AvgIpc) is 2.30. The standard InChI is InChI=1S/C12H14INO2S/c1-10-5-7-11(8-6-10)17(15,16)14-9-3-2-4-12(14)13/h4-8H,2-3,9H2,1H3. The quantitative estimate of drug-likeness (QED) is 0.598. The number of allylic oxidation sites excluding steroid dienone is 1. The van der Waals surface area contributed by atoms with Gasteiger partial charge in [-0.1, -0.05) is 23.8 Å². The van der Waals surface area contributed by atoms with E-state index in [1.807, 2.05) is 25.1 Å². The van der Waals surface area contributed by atoms with Crippen molar-refractivity contribution in [1.29, 1.82) is 0 Å². The van der Waals surface area contributed by atoms with E-state index >= 15 is 0 Å². The van der Waals surface area contributed by atoms with E-state index in [0.29, 0.717) is 11.4 Å². The van der Waals surface area contributed by atoms with E-state index in [1.54, 1.807) is 12.1 Å². The Labute approximate surface area is 116 Å². The first-order chi connectivity index (χ1) is 8.01. The third kappa shape index (κ3) is 2.65. The van der Waals surface area contributed by atoms with Gasteiger partial charge in [-0.05, 0) is 54.5 Å². The summed E-state index contributed by atoms with van der Waals surface area (Å²) in [5.41, 5.74) is 1.06. The molecule has 0 atom stereocenters. The molecular weight excluding hydrogens is 349 g/mol. The second-order valence-corrected chi connectivity index (χ2v) is 7.03. The molecule has 0 radical (unpaired) electrons. The van der Waals surface area contributed by atoms with Crippen LogP contribution in [-0.2, 0) is 10.0 Å². The zero-order valence-electron chi connectivity index (χ0n) is 9.56. The van der Waals surface area contributed by atoms with Crippen LogP contribution in [0, 0.1) is 6.92 Å². The third-order valence-corrected chi connectivity index (χ3v) is 5.90. The zero-order valence-corrected chi connectivity index (χ0v) is 12.5. The Balaban J connectivity index is 2.39. The lowest BCUT2D eigenvalue weighted by atomic mass is 10.2. The number of aryl methyl sites for hydroxylation is 1. The molecule has 17 heavy (non-hydrogen) atoms. The van der Waals surface area contributed by atoms with E-state index in [1.165, 1.54) is 4.31 Å². The van der Waals surface area contributed by atoms with Gasteiger partial charge in [0.25, 0.3) is 10.0 Å². The highest BCUT2D eigenvalue weighted by Crippen LogP contribution is 2.28. The van der Waals surface area contributed by atoms with Crippen molar-refractivity contribution in [3.8, 4) is 0 Å². The lowest BCUT2D eigenvalue weighted by Crippen LogP contribution is -2.31. The smallest absolute Gasteiger partial charge is 0.261 e. The van der Waals surface area contributed by atoms with Crippen LogP contribution in [0.1, 0.15) is 18.4 Å². The molecule has 2 rings (SSSR count). The van der Waals surface area contributed by atoms with Gasteiger partial charge in [0, 0.05) is 6.54 Å². The summed E-state index contributed by atoms with van der Waals surface area (Å²) in [5.74, 6) is 0. The molecule has 0 aromatic heterocycles. The summed E-state index contributed by atoms with van der Waals surface area (Å²) in [5, 5.41) is 0. The van der Waals surface area contributed by atoms with Crippen LogP contribution in [0.5, 0.6) is 0 Å². The maximum absolute atomic E-state index is 12.4. The van der Waals surface area contributed by atoms with Crippen molar-refractivity contribution in [3.05, 3.63) is 39.6 Å². The second kappa shape index (κ2) is 4.97. The molecular formula is C12H14INO2S. The van der Waals surface area contributed by atoms with E-state index in [4.69, 9.17) is 0 Å². The molecule has 0 aliphatic carbocycles. The maximum Gasteiger partial charge on any atom is 0.264 e. The van der Waals surface area contributed by atoms with Crippen LogP contribution >= 0.6 is 22.6 Å². The van der Waals surface area contributed by atoms with Gasteiger partial charge >= 0.3 is 0 Å². The van der Waals surface area contributed by atoms with Gasteiger partial charge < -0.3 is 0 Å². The summed E-state index contributed by atoms with van der Waals surface area (Å²) in [4.78, 5) is 0.368. The van der Waals surface area contributed by atoms with E-state index in [0.717, 1.165) is 22.1 Å². The van der Waals surface area contributed by atoms with Crippen LogP contribution in [-0.4, -0.2) is 19.3 Å². The van der Waals surface area contributed by atoms with Crippen LogP contribution in [0.4, 0.5) is 0 Å². The van der Waals surface area contributed by atoms with Gasteiger partial charge in [-0.3, -0.25) is 4.31 Å². The van der Waals surface area contributed by atoms with Crippen LogP contribution in [0.2, 0.25) is 0 Å². The van der Waals surface area contributed by atoms with Crippen LogP contribution in [0.15, 0.2) is 38.9 Å². The molecule has 1 aliphatic heterocycles. The van der Waals surface area contributed by atoms with E-state index in [2.05, 4.69) is 22.6 Å². The summed E-state index contributed by atoms with van der Waals surface area (Å²) >= 11 is 2.09. The minimum Gasteiger partial charge on any atom is -0.261 e. The Morgan fingerprint density at radius 1 is 1.24 bits per heavy atom. The fraction of sp³-hybridized carbons (Fsp3) is 0.333. The van der Waals surface area contributed by atoms with Crippen molar-refractivity contribution in [1.82, 2.24) is 4.31 Å². The van der Waals surface area contributed by atoms with Gasteiger partial charge in [0.2, 0.25) is 0 Å². The Morgan fingerprint density at radius 3 is 2.47 bits per heavy atom. The third-order valence-electron chi connectivity index (χ3n) is 2.73. The first-order valence-corrected chi connectivity index (χ1v) is 7.99. The summed E-state index contributed by atoms with van der Waals surface area (Å²) in [6.07, 6.45) is 3.81. The van der Waals surface area contributed by atoms with Crippen molar-refractivity contribution < 1.29 is 8.42 Å². The van der Waals surface area contributed by atoms with Crippen LogP contribution < -0.4 is 0 Å². The summed E-state index contributed by atoms with van der Waals surface area (Å²) in [6, 6.07) is 6.99. The number of sulfonamides is 1. The molecule has 0 N–H and O–H groups in total. The molecule has 0 unspecified atom stereocenters. The van der Waals surface area contributed by atoms with Gasteiger partial charge in [-0.15, -0.1) is 0 Å². The summed E-state index contributed by atoms with van der Waals surface area (Å²) in [7, 11) is -3.37. The molecule has 0 spiro atoms. The van der Waals surface area contributed by atoms with E-state index in [9.17, 15) is 8.42 Å². The van der Waals surface area contributed by atoms with Crippen molar-refractivity contribution in [2.24, 2.45) is 0 Å². The van der Waals surface area contributed by atoms with Crippen molar-refractivity contribution in [2.45, 2.75) is 24.7 Å². The molecule has 1 heterocycles. The van der Waals surface area contributed by atoms with Gasteiger partial charge in [0.15, 0.2) is 0 Å². The lowest BCUT2D eigenvalue weighted by molar-refractivity contribution is 0.473. The highest BCUT2D eigenvalue weighted by Gasteiger charge is 2.26. The molecule has 0 amide bonds. The predicted molar refractivity (Wildman–Crippen MR) is 76.4 cm³/mol. The van der Waals surface area contributed by atoms with Crippen LogP contribution in [0.25, 0.3) is 0 Å². The fourth-order valence-electron chi connectivity index (χ4n) is 1.74. The molecule has 0 fully saturated rings. The molecule has 5 heteroatoms. The van der Waals surface area contributed by atoms with Gasteiger partial charge in [-0.25, -0.2) is 8.42 Å². The number of rotatable bonds is 2. The maximum atomic E-state index is 12.4. The molecule has 0 saturated carbocycles. The van der Waals surface area contributed by atoms with E-state index < -0.39 is 10.0 Å². The lowest BCUT2D eigenvalue weighted by Gasteiger charge is -2.26. The Bertz CT molecular complexity index is 534. The first kappa shape index (κ1) is 12.9. The van der Waals surface area contributed by atoms with Gasteiger partial charge in [0.1, 0.15) is 0 Å². The average molecular weight is 363 g/mol. The molecule has 1 aromatic carbocycles. The number of benzene rings is 1. The highest BCUT2D eigenvalue weighted by atomic mass is 127. The molecule has 92 valence electrons. The monoisotopic (exact) mass is 363 g/mol. The van der Waals surface area contributed by atoms with Crippen LogP contribution in [0.3, 0.4) is 0 Å². The van der Waals surface area contributed by atoms with Gasteiger partial charge in [-0.2, -0.15) is 0 Å². The Hall–Kier alpha value is -0.560. The number of hydrogen-bond donors (Lipinski definition) is 0. The molecule has 1 aromatic rings. The molecule has 3 nitrogen and oxygen atoms in total. The Kier molecular flexibility index (Phi) is 3.77. The van der Waals surface area contributed by atoms with Gasteiger partial charge in [0.05, 0.1) is 8.60 Å². The number of hydrogen-bond acceptors (Lipinski definition) is 2. The van der Waals surface area contributed by atoms with E-state index in [-0.39, 0.29) is 0 Å². The molecule has 0 bridgehead atoms. The minimum atomic E-state index is -3.37. The van der Waals surface area contributed by atoms with Crippen molar-refractivity contribution in [2.75, 3.05) is 6.54 Å². The molecule has 1 aliphatic rings. The molecule has 0 saturated heterocycles. The summed E-state index contributed by atoms with van der Waals surface area (Å²) < 4.78 is 27.1. The highest BCUT2D eigenvalue weighted by molar-refractivity contribution is 14.1.